The molecule has 21 heavy (non-hydrogen) atoms. The first-order chi connectivity index (χ1) is 10.2. The Morgan fingerprint density at radius 2 is 1.71 bits per heavy atom. The molecule has 0 aliphatic rings. The van der Waals surface area contributed by atoms with Gasteiger partial charge in [-0.25, -0.2) is 4.79 Å². The number of carbonyl (C=O) groups excluding carboxylic acids is 1. The molecular formula is C16H24O5. The van der Waals surface area contributed by atoms with Gasteiger partial charge in [-0.05, 0) is 18.6 Å². The SMILES string of the molecule is CCCCCCOc1cc(C(=O)OC)cc(OC)c1OC. The third kappa shape index (κ3) is 4.85. The summed E-state index contributed by atoms with van der Waals surface area (Å²) in [5, 5.41) is 0. The van der Waals surface area contributed by atoms with Crippen LogP contribution in [0.2, 0.25) is 0 Å². The molecule has 0 amide bonds. The lowest BCUT2D eigenvalue weighted by Crippen LogP contribution is -2.06. The van der Waals surface area contributed by atoms with Crippen molar-refractivity contribution < 1.29 is 23.7 Å². The number of esters is 1. The van der Waals surface area contributed by atoms with Gasteiger partial charge >= 0.3 is 5.97 Å². The van der Waals surface area contributed by atoms with Crippen LogP contribution < -0.4 is 14.2 Å². The fourth-order valence-electron chi connectivity index (χ4n) is 1.98. The Labute approximate surface area is 126 Å². The van der Waals surface area contributed by atoms with Crippen LogP contribution in [0.25, 0.3) is 0 Å². The molecule has 0 saturated carbocycles. The van der Waals surface area contributed by atoms with E-state index in [0.717, 1.165) is 12.8 Å². The molecule has 0 N–H and O–H groups in total. The van der Waals surface area contributed by atoms with Crippen molar-refractivity contribution in [3.63, 3.8) is 0 Å². The number of unbranched alkanes of at least 4 members (excludes halogenated alkanes) is 3. The van der Waals surface area contributed by atoms with E-state index in [2.05, 4.69) is 6.92 Å². The summed E-state index contributed by atoms with van der Waals surface area (Å²) >= 11 is 0. The Balaban J connectivity index is 2.90. The summed E-state index contributed by atoms with van der Waals surface area (Å²) in [4.78, 5) is 11.7. The van der Waals surface area contributed by atoms with E-state index < -0.39 is 5.97 Å². The van der Waals surface area contributed by atoms with Crippen LogP contribution in [-0.4, -0.2) is 33.9 Å². The van der Waals surface area contributed by atoms with Gasteiger partial charge < -0.3 is 18.9 Å². The number of carbonyl (C=O) groups is 1. The van der Waals surface area contributed by atoms with E-state index in [0.29, 0.717) is 29.4 Å². The molecule has 0 fully saturated rings. The Morgan fingerprint density at radius 1 is 1.00 bits per heavy atom. The van der Waals surface area contributed by atoms with E-state index in [1.165, 1.54) is 27.1 Å². The summed E-state index contributed by atoms with van der Waals surface area (Å²) in [6.45, 7) is 2.73. The maximum atomic E-state index is 11.7. The number of methoxy groups -OCH3 is 3. The highest BCUT2D eigenvalue weighted by Crippen LogP contribution is 2.38. The maximum Gasteiger partial charge on any atom is 0.338 e. The van der Waals surface area contributed by atoms with Crippen molar-refractivity contribution in [3.8, 4) is 17.2 Å². The number of ether oxygens (including phenoxy) is 4. The van der Waals surface area contributed by atoms with Gasteiger partial charge in [0.15, 0.2) is 11.5 Å². The van der Waals surface area contributed by atoms with Gasteiger partial charge in [0.2, 0.25) is 5.75 Å². The zero-order chi connectivity index (χ0) is 15.7. The van der Waals surface area contributed by atoms with E-state index in [1.54, 1.807) is 19.2 Å². The number of hydrogen-bond acceptors (Lipinski definition) is 5. The molecule has 0 aliphatic carbocycles. The molecule has 0 aliphatic heterocycles. The summed E-state index contributed by atoms with van der Waals surface area (Å²) < 4.78 is 21.0. The molecular weight excluding hydrogens is 272 g/mol. The Bertz CT molecular complexity index is 456. The quantitative estimate of drug-likeness (QED) is 0.516. The average Bonchev–Trinajstić information content (AvgIpc) is 2.52. The van der Waals surface area contributed by atoms with Gasteiger partial charge in [-0.3, -0.25) is 0 Å². The van der Waals surface area contributed by atoms with Crippen LogP contribution >= 0.6 is 0 Å². The predicted molar refractivity (Wildman–Crippen MR) is 80.5 cm³/mol. The molecule has 0 heterocycles. The van der Waals surface area contributed by atoms with Crippen LogP contribution in [0, 0.1) is 0 Å². The summed E-state index contributed by atoms with van der Waals surface area (Å²) in [5.74, 6) is 0.991. The number of hydrogen-bond donors (Lipinski definition) is 0. The van der Waals surface area contributed by atoms with E-state index in [-0.39, 0.29) is 0 Å². The van der Waals surface area contributed by atoms with Crippen LogP contribution in [0.15, 0.2) is 12.1 Å². The Morgan fingerprint density at radius 3 is 2.29 bits per heavy atom. The van der Waals surface area contributed by atoms with Crippen LogP contribution in [0.1, 0.15) is 43.0 Å². The topological polar surface area (TPSA) is 54.0 Å². The van der Waals surface area contributed by atoms with Gasteiger partial charge in [-0.1, -0.05) is 26.2 Å². The Hall–Kier alpha value is -1.91. The fourth-order valence-corrected chi connectivity index (χ4v) is 1.98. The van der Waals surface area contributed by atoms with Gasteiger partial charge in [-0.15, -0.1) is 0 Å². The van der Waals surface area contributed by atoms with Gasteiger partial charge in [0, 0.05) is 0 Å². The largest absolute Gasteiger partial charge is 0.493 e. The van der Waals surface area contributed by atoms with Gasteiger partial charge in [-0.2, -0.15) is 0 Å². The highest BCUT2D eigenvalue weighted by Gasteiger charge is 2.17. The number of benzene rings is 1. The van der Waals surface area contributed by atoms with Gasteiger partial charge in [0.1, 0.15) is 0 Å². The lowest BCUT2D eigenvalue weighted by Gasteiger charge is -2.15. The molecule has 0 atom stereocenters. The van der Waals surface area contributed by atoms with E-state index in [9.17, 15) is 4.79 Å². The minimum Gasteiger partial charge on any atom is -0.493 e. The van der Waals surface area contributed by atoms with Gasteiger partial charge in [0.05, 0.1) is 33.5 Å². The molecule has 5 heteroatoms. The van der Waals surface area contributed by atoms with Crippen molar-refractivity contribution in [2.24, 2.45) is 0 Å². The Kier molecular flexibility index (Phi) is 7.43. The van der Waals surface area contributed by atoms with E-state index in [4.69, 9.17) is 18.9 Å². The zero-order valence-corrected chi connectivity index (χ0v) is 13.2. The molecule has 1 aromatic rings. The summed E-state index contributed by atoms with van der Waals surface area (Å²) in [5.41, 5.74) is 0.374. The van der Waals surface area contributed by atoms with Crippen molar-refractivity contribution in [2.75, 3.05) is 27.9 Å². The normalized spacial score (nSPS) is 10.1. The van der Waals surface area contributed by atoms with E-state index in [1.807, 2.05) is 0 Å². The second kappa shape index (κ2) is 9.10. The first kappa shape index (κ1) is 17.1. The van der Waals surface area contributed by atoms with Crippen LogP contribution in [0.3, 0.4) is 0 Å². The molecule has 0 saturated heterocycles. The minimum absolute atomic E-state index is 0.374. The van der Waals surface area contributed by atoms with Crippen LogP contribution in [0.4, 0.5) is 0 Å². The van der Waals surface area contributed by atoms with Crippen LogP contribution in [0.5, 0.6) is 17.2 Å². The third-order valence-electron chi connectivity index (χ3n) is 3.12. The lowest BCUT2D eigenvalue weighted by molar-refractivity contribution is 0.0599. The smallest absolute Gasteiger partial charge is 0.338 e. The maximum absolute atomic E-state index is 11.7. The number of rotatable bonds is 9. The minimum atomic E-state index is -0.438. The predicted octanol–water partition coefficient (Wildman–Crippen LogP) is 3.45. The molecule has 0 spiro atoms. The lowest BCUT2D eigenvalue weighted by atomic mass is 10.2. The molecule has 0 radical (unpaired) electrons. The highest BCUT2D eigenvalue weighted by atomic mass is 16.5. The first-order valence-corrected chi connectivity index (χ1v) is 7.15. The molecule has 0 unspecified atom stereocenters. The standard InChI is InChI=1S/C16H24O5/c1-5-6-7-8-9-21-14-11-12(16(17)20-4)10-13(18-2)15(14)19-3/h10-11H,5-9H2,1-4H3. The second-order valence-corrected chi connectivity index (χ2v) is 4.61. The van der Waals surface area contributed by atoms with Crippen molar-refractivity contribution in [1.29, 1.82) is 0 Å². The van der Waals surface area contributed by atoms with Crippen molar-refractivity contribution >= 4 is 5.97 Å². The molecule has 5 nitrogen and oxygen atoms in total. The molecule has 0 aromatic heterocycles. The molecule has 1 rings (SSSR count). The van der Waals surface area contributed by atoms with Gasteiger partial charge in [0.25, 0.3) is 0 Å². The highest BCUT2D eigenvalue weighted by molar-refractivity contribution is 5.91. The van der Waals surface area contributed by atoms with Crippen LogP contribution in [-0.2, 0) is 4.74 Å². The average molecular weight is 296 g/mol. The summed E-state index contributed by atoms with van der Waals surface area (Å²) in [6.07, 6.45) is 4.44. The van der Waals surface area contributed by atoms with Crippen molar-refractivity contribution in [3.05, 3.63) is 17.7 Å². The monoisotopic (exact) mass is 296 g/mol. The molecule has 0 bridgehead atoms. The molecule has 118 valence electrons. The van der Waals surface area contributed by atoms with Crippen molar-refractivity contribution in [2.45, 2.75) is 32.6 Å². The first-order valence-electron chi connectivity index (χ1n) is 7.15. The second-order valence-electron chi connectivity index (χ2n) is 4.61. The zero-order valence-electron chi connectivity index (χ0n) is 13.2. The third-order valence-corrected chi connectivity index (χ3v) is 3.12. The van der Waals surface area contributed by atoms with Crippen molar-refractivity contribution in [1.82, 2.24) is 0 Å². The van der Waals surface area contributed by atoms with E-state index >= 15 is 0 Å². The summed E-state index contributed by atoms with van der Waals surface area (Å²) in [6, 6.07) is 3.20. The fraction of sp³-hybridized carbons (Fsp3) is 0.562. The summed E-state index contributed by atoms with van der Waals surface area (Å²) in [7, 11) is 4.40. The molecule has 1 aromatic carbocycles.